The molecule has 0 spiro atoms. The lowest BCUT2D eigenvalue weighted by molar-refractivity contribution is 0.497. The van der Waals surface area contributed by atoms with Crippen molar-refractivity contribution in [2.45, 2.75) is 0 Å². The summed E-state index contributed by atoms with van der Waals surface area (Å²) < 4.78 is 4.46. The van der Waals surface area contributed by atoms with E-state index in [1.807, 2.05) is 7.12 Å². The van der Waals surface area contributed by atoms with Crippen LogP contribution < -0.4 is 0 Å². The van der Waals surface area contributed by atoms with Gasteiger partial charge in [0.2, 0.25) is 7.12 Å². The van der Waals surface area contributed by atoms with Crippen molar-refractivity contribution < 1.29 is 4.18 Å². The topological polar surface area (TPSA) is 9.23 Å². The smallest absolute Gasteiger partial charge is 0.210 e. The zero-order valence-corrected chi connectivity index (χ0v) is 3.63. The van der Waals surface area contributed by atoms with E-state index in [-0.39, 0.29) is 0 Å². The Hall–Kier alpha value is 0.375. The average Bonchev–Trinajstić information content (AvgIpc) is 1.37. The van der Waals surface area contributed by atoms with Gasteiger partial charge in [-0.25, -0.2) is 0 Å². The maximum absolute atomic E-state index is 4.46. The molecule has 0 saturated heterocycles. The normalized spacial score (nSPS) is 7.25. The maximum atomic E-state index is 4.46. The van der Waals surface area contributed by atoms with E-state index in [2.05, 4.69) is 4.18 Å². The zero-order chi connectivity index (χ0) is 3.41. The molecule has 0 amide bonds. The fourth-order valence-electron chi connectivity index (χ4n) is 0. The van der Waals surface area contributed by atoms with Crippen LogP contribution in [0.15, 0.2) is 0 Å². The Balaban J connectivity index is 1.97. The highest BCUT2D eigenvalue weighted by atomic mass is 32.2. The molecular formula is CH5BOS. The second-order valence-electron chi connectivity index (χ2n) is 0.333. The zero-order valence-electron chi connectivity index (χ0n) is 2.82. The van der Waals surface area contributed by atoms with Crippen LogP contribution in [0, 0.1) is 0 Å². The molecule has 0 aliphatic rings. The molecule has 0 bridgehead atoms. The molecule has 0 aliphatic carbocycles. The van der Waals surface area contributed by atoms with Crippen molar-refractivity contribution in [3.05, 3.63) is 0 Å². The molecule has 1 nitrogen and oxygen atoms in total. The largest absolute Gasteiger partial charge is 0.331 e. The van der Waals surface area contributed by atoms with Crippen LogP contribution in [0.5, 0.6) is 0 Å². The van der Waals surface area contributed by atoms with Gasteiger partial charge in [0.25, 0.3) is 0 Å². The Morgan fingerprint density at radius 1 is 2.00 bits per heavy atom. The minimum absolute atomic E-state index is 1.36. The Bertz CT molecular complexity index is 10.0. The monoisotopic (exact) mass is 76.0 g/mol. The molecule has 0 heterocycles. The van der Waals surface area contributed by atoms with Gasteiger partial charge in [0, 0.05) is 7.11 Å². The Kier molecular flexibility index (Phi) is 3.69. The molecule has 4 heavy (non-hydrogen) atoms. The summed E-state index contributed by atoms with van der Waals surface area (Å²) >= 11 is 1.36. The van der Waals surface area contributed by atoms with E-state index >= 15 is 0 Å². The summed E-state index contributed by atoms with van der Waals surface area (Å²) in [6, 6.07) is 0. The second kappa shape index (κ2) is 3.37. The molecule has 0 rings (SSSR count). The van der Waals surface area contributed by atoms with Gasteiger partial charge in [-0.15, -0.1) is 0 Å². The summed E-state index contributed by atoms with van der Waals surface area (Å²) in [6.07, 6.45) is 0. The first kappa shape index (κ1) is 4.37. The molecule has 0 aromatic carbocycles. The van der Waals surface area contributed by atoms with Gasteiger partial charge in [0.1, 0.15) is 0 Å². The fraction of sp³-hybridized carbons (Fsp3) is 1.00. The molecule has 0 saturated carbocycles. The van der Waals surface area contributed by atoms with Gasteiger partial charge in [-0.05, 0) is 0 Å². The fourth-order valence-corrected chi connectivity index (χ4v) is 0. The highest BCUT2D eigenvalue weighted by Crippen LogP contribution is 1.82. The number of hydrogen-bond acceptors (Lipinski definition) is 2. The van der Waals surface area contributed by atoms with Gasteiger partial charge in [-0.3, -0.25) is 0 Å². The second-order valence-corrected chi connectivity index (χ2v) is 1.00. The quantitative estimate of drug-likeness (QED) is 0.316. The minimum atomic E-state index is 1.36. The number of rotatable bonds is 1. The van der Waals surface area contributed by atoms with Crippen LogP contribution in [-0.4, -0.2) is 14.2 Å². The van der Waals surface area contributed by atoms with Crippen LogP contribution in [0.4, 0.5) is 0 Å². The lowest BCUT2D eigenvalue weighted by Crippen LogP contribution is -1.55. The van der Waals surface area contributed by atoms with Crippen LogP contribution in [0.2, 0.25) is 0 Å². The SMILES string of the molecule is BSOC. The third kappa shape index (κ3) is 2.37. The molecule has 0 radical (unpaired) electrons. The van der Waals surface area contributed by atoms with Gasteiger partial charge in [0.05, 0.1) is 0 Å². The predicted molar refractivity (Wildman–Crippen MR) is 23.1 cm³/mol. The third-order valence-corrected chi connectivity index (χ3v) is 0.500. The first-order valence-corrected chi connectivity index (χ1v) is 2.13. The van der Waals surface area contributed by atoms with Crippen LogP contribution in [0.25, 0.3) is 0 Å². The van der Waals surface area contributed by atoms with E-state index in [1.165, 1.54) is 11.9 Å². The Labute approximate surface area is 31.2 Å². The van der Waals surface area contributed by atoms with E-state index in [9.17, 15) is 0 Å². The van der Waals surface area contributed by atoms with E-state index < -0.39 is 0 Å². The first-order chi connectivity index (χ1) is 1.91. The Morgan fingerprint density at radius 2 is 2.25 bits per heavy atom. The van der Waals surface area contributed by atoms with Crippen LogP contribution in [-0.2, 0) is 4.18 Å². The van der Waals surface area contributed by atoms with Crippen molar-refractivity contribution in [1.29, 1.82) is 0 Å². The van der Waals surface area contributed by atoms with E-state index in [0.717, 1.165) is 0 Å². The van der Waals surface area contributed by atoms with Crippen molar-refractivity contribution in [2.24, 2.45) is 0 Å². The van der Waals surface area contributed by atoms with Crippen LogP contribution in [0.3, 0.4) is 0 Å². The van der Waals surface area contributed by atoms with Gasteiger partial charge >= 0.3 is 0 Å². The molecule has 0 N–H and O–H groups in total. The van der Waals surface area contributed by atoms with E-state index in [1.54, 1.807) is 7.11 Å². The van der Waals surface area contributed by atoms with Gasteiger partial charge in [0.15, 0.2) is 0 Å². The van der Waals surface area contributed by atoms with Crippen molar-refractivity contribution >= 4 is 19.0 Å². The molecule has 0 unspecified atom stereocenters. The minimum Gasteiger partial charge on any atom is -0.331 e. The van der Waals surface area contributed by atoms with Crippen LogP contribution >= 0.6 is 11.9 Å². The average molecular weight is 75.9 g/mol. The number of hydrogen-bond donors (Lipinski definition) is 0. The van der Waals surface area contributed by atoms with E-state index in [4.69, 9.17) is 0 Å². The van der Waals surface area contributed by atoms with Crippen molar-refractivity contribution in [2.75, 3.05) is 7.11 Å². The predicted octanol–water partition coefficient (Wildman–Crippen LogP) is -0.171. The highest BCUT2D eigenvalue weighted by molar-refractivity contribution is 8.15. The summed E-state index contributed by atoms with van der Waals surface area (Å²) in [7, 11) is 3.52. The first-order valence-electron chi connectivity index (χ1n) is 0.983. The van der Waals surface area contributed by atoms with Crippen molar-refractivity contribution in [3.63, 3.8) is 0 Å². The third-order valence-electron chi connectivity index (χ3n) is 0.167. The molecule has 0 aromatic rings. The lowest BCUT2D eigenvalue weighted by Gasteiger charge is -1.75. The summed E-state index contributed by atoms with van der Waals surface area (Å²) in [5, 5.41) is 0. The van der Waals surface area contributed by atoms with Gasteiger partial charge in [-0.2, -0.15) is 0 Å². The Morgan fingerprint density at radius 3 is 2.25 bits per heavy atom. The summed E-state index contributed by atoms with van der Waals surface area (Å²) in [4.78, 5) is 0. The summed E-state index contributed by atoms with van der Waals surface area (Å²) in [6.45, 7) is 0. The summed E-state index contributed by atoms with van der Waals surface area (Å²) in [5.41, 5.74) is 0. The van der Waals surface area contributed by atoms with Gasteiger partial charge < -0.3 is 4.18 Å². The molecular weight excluding hydrogens is 70.9 g/mol. The standard InChI is InChI=1S/CH5BOS/c1-3-4-2/h2H2,1H3. The highest BCUT2D eigenvalue weighted by Gasteiger charge is 1.53. The van der Waals surface area contributed by atoms with Crippen LogP contribution in [0.1, 0.15) is 0 Å². The molecule has 0 atom stereocenters. The van der Waals surface area contributed by atoms with Crippen molar-refractivity contribution in [1.82, 2.24) is 0 Å². The summed E-state index contributed by atoms with van der Waals surface area (Å²) in [5.74, 6) is 0. The lowest BCUT2D eigenvalue weighted by atomic mass is 10.8. The molecule has 0 aromatic heterocycles. The maximum Gasteiger partial charge on any atom is 0.210 e. The molecule has 3 heteroatoms. The molecule has 0 fully saturated rings. The molecule has 24 valence electrons. The van der Waals surface area contributed by atoms with E-state index in [0.29, 0.717) is 0 Å². The van der Waals surface area contributed by atoms with Gasteiger partial charge in [-0.1, -0.05) is 11.9 Å². The molecule has 0 aliphatic heterocycles. The van der Waals surface area contributed by atoms with Crippen molar-refractivity contribution in [3.8, 4) is 0 Å².